The van der Waals surface area contributed by atoms with Gasteiger partial charge >= 0.3 is 0 Å². The molecule has 1 aromatic heterocycles. The first-order valence-corrected chi connectivity index (χ1v) is 8.63. The van der Waals surface area contributed by atoms with Gasteiger partial charge in [-0.15, -0.1) is 0 Å². The van der Waals surface area contributed by atoms with Crippen molar-refractivity contribution >= 4 is 0 Å². The molecule has 0 spiro atoms. The van der Waals surface area contributed by atoms with E-state index in [0.717, 1.165) is 24.2 Å². The van der Waals surface area contributed by atoms with Crippen molar-refractivity contribution in [1.82, 2.24) is 19.8 Å². The Hall–Kier alpha value is -1.89. The monoisotopic (exact) mass is 344 g/mol. The van der Waals surface area contributed by atoms with Crippen LogP contribution in [-0.4, -0.2) is 57.2 Å². The Morgan fingerprint density at radius 1 is 1.16 bits per heavy atom. The lowest BCUT2D eigenvalue weighted by molar-refractivity contribution is 0.180. The summed E-state index contributed by atoms with van der Waals surface area (Å²) in [6, 6.07) is 8.15. The second-order valence-electron chi connectivity index (χ2n) is 6.83. The molecular weight excluding hydrogens is 319 g/mol. The van der Waals surface area contributed by atoms with Gasteiger partial charge in [0.1, 0.15) is 12.5 Å². The number of benzene rings is 1. The summed E-state index contributed by atoms with van der Waals surface area (Å²) in [7, 11) is 2.06. The summed E-state index contributed by atoms with van der Waals surface area (Å²) in [5.74, 6) is 0. The Morgan fingerprint density at radius 2 is 1.84 bits per heavy atom. The van der Waals surface area contributed by atoms with E-state index in [1.165, 1.54) is 11.9 Å². The number of aliphatic hydroxyl groups excluding tert-OH is 1. The fraction of sp³-hybridized carbons (Fsp3) is 0.474. The molecule has 6 heteroatoms. The van der Waals surface area contributed by atoms with Crippen molar-refractivity contribution in [2.45, 2.75) is 38.3 Å². The van der Waals surface area contributed by atoms with E-state index < -0.39 is 6.17 Å². The highest BCUT2D eigenvalue weighted by Crippen LogP contribution is 2.23. The minimum absolute atomic E-state index is 0.0637. The third kappa shape index (κ3) is 5.04. The predicted octanol–water partition coefficient (Wildman–Crippen LogP) is 2.01. The van der Waals surface area contributed by atoms with Crippen molar-refractivity contribution in [1.29, 1.82) is 0 Å². The summed E-state index contributed by atoms with van der Waals surface area (Å²) in [6.07, 6.45) is 4.90. The third-order valence-electron chi connectivity index (χ3n) is 4.66. The molecule has 2 heterocycles. The number of aromatic nitrogens is 2. The van der Waals surface area contributed by atoms with Crippen molar-refractivity contribution in [3.8, 4) is 0 Å². The van der Waals surface area contributed by atoms with Crippen LogP contribution in [0.25, 0.3) is 0 Å². The van der Waals surface area contributed by atoms with Gasteiger partial charge in [0.2, 0.25) is 0 Å². The molecule has 1 aromatic carbocycles. The second-order valence-corrected chi connectivity index (χ2v) is 6.83. The van der Waals surface area contributed by atoms with Crippen molar-refractivity contribution in [3.63, 3.8) is 0 Å². The van der Waals surface area contributed by atoms with Crippen LogP contribution >= 0.6 is 0 Å². The van der Waals surface area contributed by atoms with Crippen LogP contribution in [-0.2, 0) is 19.7 Å². The number of rotatable bonds is 7. The summed E-state index contributed by atoms with van der Waals surface area (Å²) in [5.41, 5.74) is 3.13. The average molecular weight is 344 g/mol. The molecule has 0 radical (unpaired) electrons. The molecule has 2 aromatic rings. The zero-order valence-electron chi connectivity index (χ0n) is 14.6. The molecule has 0 saturated carbocycles. The lowest BCUT2D eigenvalue weighted by Crippen LogP contribution is -2.38. The van der Waals surface area contributed by atoms with Crippen LogP contribution in [0.15, 0.2) is 43.0 Å². The maximum atomic E-state index is 14.0. The molecule has 0 amide bonds. The van der Waals surface area contributed by atoms with Gasteiger partial charge in [0.05, 0.1) is 6.61 Å². The SMILES string of the molecule is CN(Cc1ccc(CO)cc1)C[C@@H]1C[C@H](F)CN1Cc1cncnc1. The molecule has 1 aliphatic heterocycles. The molecule has 25 heavy (non-hydrogen) atoms. The van der Waals surface area contributed by atoms with Crippen molar-refractivity contribution in [2.24, 2.45) is 0 Å². The highest BCUT2D eigenvalue weighted by atomic mass is 19.1. The van der Waals surface area contributed by atoms with E-state index in [9.17, 15) is 4.39 Å². The lowest BCUT2D eigenvalue weighted by Gasteiger charge is -2.28. The molecule has 1 saturated heterocycles. The standard InChI is InChI=1S/C19H25FN4O/c1-23(9-15-2-4-16(13-25)5-3-15)12-19-6-18(20)11-24(19)10-17-7-21-14-22-8-17/h2-5,7-8,14,18-19,25H,6,9-13H2,1H3/t18-,19-/m0/s1. The fourth-order valence-electron chi connectivity index (χ4n) is 3.44. The van der Waals surface area contributed by atoms with Crippen LogP contribution < -0.4 is 0 Å². The van der Waals surface area contributed by atoms with Gasteiger partial charge in [-0.05, 0) is 24.6 Å². The molecule has 134 valence electrons. The first kappa shape index (κ1) is 17.9. The molecule has 1 fully saturated rings. The van der Waals surface area contributed by atoms with Gasteiger partial charge in [-0.25, -0.2) is 14.4 Å². The van der Waals surface area contributed by atoms with Gasteiger partial charge in [0.15, 0.2) is 0 Å². The normalized spacial score (nSPS) is 21.1. The molecule has 0 unspecified atom stereocenters. The molecule has 2 atom stereocenters. The van der Waals surface area contributed by atoms with Gasteiger partial charge < -0.3 is 10.0 Å². The van der Waals surface area contributed by atoms with Gasteiger partial charge in [0, 0.05) is 50.2 Å². The van der Waals surface area contributed by atoms with E-state index >= 15 is 0 Å². The third-order valence-corrected chi connectivity index (χ3v) is 4.66. The highest BCUT2D eigenvalue weighted by molar-refractivity contribution is 5.21. The smallest absolute Gasteiger partial charge is 0.115 e. The van der Waals surface area contributed by atoms with Gasteiger partial charge in [-0.1, -0.05) is 24.3 Å². The number of halogens is 1. The number of alkyl halides is 1. The zero-order valence-corrected chi connectivity index (χ0v) is 14.6. The van der Waals surface area contributed by atoms with Crippen LogP contribution in [0.3, 0.4) is 0 Å². The van der Waals surface area contributed by atoms with E-state index in [0.29, 0.717) is 19.5 Å². The number of likely N-dealkylation sites (tertiary alicyclic amines) is 1. The van der Waals surface area contributed by atoms with Gasteiger partial charge in [0.25, 0.3) is 0 Å². The molecule has 1 N–H and O–H groups in total. The Morgan fingerprint density at radius 3 is 2.52 bits per heavy atom. The van der Waals surface area contributed by atoms with Gasteiger partial charge in [-0.2, -0.15) is 0 Å². The number of nitrogens with zero attached hydrogens (tertiary/aromatic N) is 4. The van der Waals surface area contributed by atoms with Crippen LogP contribution in [0.4, 0.5) is 4.39 Å². The van der Waals surface area contributed by atoms with E-state index in [-0.39, 0.29) is 12.6 Å². The first-order valence-electron chi connectivity index (χ1n) is 8.63. The van der Waals surface area contributed by atoms with Crippen LogP contribution in [0.1, 0.15) is 23.1 Å². The number of hydrogen-bond donors (Lipinski definition) is 1. The van der Waals surface area contributed by atoms with E-state index in [2.05, 4.69) is 26.8 Å². The number of likely N-dealkylation sites (N-methyl/N-ethyl adjacent to an activating group) is 1. The van der Waals surface area contributed by atoms with E-state index in [1.807, 2.05) is 24.3 Å². The lowest BCUT2D eigenvalue weighted by atomic mass is 10.1. The topological polar surface area (TPSA) is 52.5 Å². The minimum atomic E-state index is -0.771. The molecule has 0 aliphatic carbocycles. The summed E-state index contributed by atoms with van der Waals surface area (Å²) in [4.78, 5) is 12.5. The quantitative estimate of drug-likeness (QED) is 0.833. The summed E-state index contributed by atoms with van der Waals surface area (Å²) < 4.78 is 14.0. The first-order chi connectivity index (χ1) is 12.1. The highest BCUT2D eigenvalue weighted by Gasteiger charge is 2.32. The van der Waals surface area contributed by atoms with Crippen molar-refractivity contribution < 1.29 is 9.50 Å². The summed E-state index contributed by atoms with van der Waals surface area (Å²) in [6.45, 7) is 2.84. The maximum Gasteiger partial charge on any atom is 0.115 e. The Balaban J connectivity index is 1.57. The molecule has 0 bridgehead atoms. The predicted molar refractivity (Wildman–Crippen MR) is 94.4 cm³/mol. The largest absolute Gasteiger partial charge is 0.392 e. The van der Waals surface area contributed by atoms with Crippen molar-refractivity contribution in [3.05, 3.63) is 59.7 Å². The average Bonchev–Trinajstić information content (AvgIpc) is 2.95. The maximum absolute atomic E-state index is 14.0. The fourth-order valence-corrected chi connectivity index (χ4v) is 3.44. The Bertz CT molecular complexity index is 652. The van der Waals surface area contributed by atoms with Crippen molar-refractivity contribution in [2.75, 3.05) is 20.1 Å². The molecule has 5 nitrogen and oxygen atoms in total. The second kappa shape index (κ2) is 8.47. The minimum Gasteiger partial charge on any atom is -0.392 e. The summed E-state index contributed by atoms with van der Waals surface area (Å²) >= 11 is 0. The van der Waals surface area contributed by atoms with E-state index in [4.69, 9.17) is 5.11 Å². The molecular formula is C19H25FN4O. The number of aliphatic hydroxyl groups is 1. The van der Waals surface area contributed by atoms with Crippen LogP contribution in [0.5, 0.6) is 0 Å². The van der Waals surface area contributed by atoms with Crippen LogP contribution in [0.2, 0.25) is 0 Å². The molecule has 1 aliphatic rings. The summed E-state index contributed by atoms with van der Waals surface area (Å²) in [5, 5.41) is 9.11. The zero-order chi connectivity index (χ0) is 17.6. The Labute approximate surface area is 148 Å². The van der Waals surface area contributed by atoms with Gasteiger partial charge in [-0.3, -0.25) is 4.90 Å². The number of hydrogen-bond acceptors (Lipinski definition) is 5. The van der Waals surface area contributed by atoms with Crippen LogP contribution in [0, 0.1) is 0 Å². The van der Waals surface area contributed by atoms with E-state index in [1.54, 1.807) is 12.4 Å². The Kier molecular flexibility index (Phi) is 6.07. The molecule has 3 rings (SSSR count).